The molecule has 0 spiro atoms. The van der Waals surface area contributed by atoms with Crippen molar-refractivity contribution in [3.63, 3.8) is 0 Å². The van der Waals surface area contributed by atoms with Crippen LogP contribution in [0.5, 0.6) is 0 Å². The first-order chi connectivity index (χ1) is 5.79. The molecule has 0 amide bonds. The van der Waals surface area contributed by atoms with Gasteiger partial charge in [-0.15, -0.1) is 0 Å². The highest BCUT2D eigenvalue weighted by molar-refractivity contribution is 5.87. The summed E-state index contributed by atoms with van der Waals surface area (Å²) in [7, 11) is 3.74. The molecule has 0 saturated heterocycles. The van der Waals surface area contributed by atoms with Crippen molar-refractivity contribution in [2.75, 3.05) is 20.6 Å². The zero-order valence-electron chi connectivity index (χ0n) is 8.65. The Kier molecular flexibility index (Phi) is 6.76. The molecule has 0 aromatic carbocycles. The average molecular weight is 171 g/mol. The fraction of sp³-hybridized carbons (Fsp3) is 0.889. The van der Waals surface area contributed by atoms with Crippen LogP contribution in [0.15, 0.2) is 4.99 Å². The molecular weight excluding hydrogens is 150 g/mol. The topological polar surface area (TPSA) is 36.4 Å². The summed E-state index contributed by atoms with van der Waals surface area (Å²) in [6.45, 7) is 5.30. The van der Waals surface area contributed by atoms with Crippen LogP contribution in [0.25, 0.3) is 0 Å². The van der Waals surface area contributed by atoms with Crippen molar-refractivity contribution in [2.24, 2.45) is 4.99 Å². The third kappa shape index (κ3) is 3.72. The molecule has 2 N–H and O–H groups in total. The first kappa shape index (κ1) is 11.4. The summed E-state index contributed by atoms with van der Waals surface area (Å²) in [4.78, 5) is 4.19. The van der Waals surface area contributed by atoms with Crippen molar-refractivity contribution in [1.82, 2.24) is 10.6 Å². The zero-order valence-corrected chi connectivity index (χ0v) is 8.65. The summed E-state index contributed by atoms with van der Waals surface area (Å²) in [5.41, 5.74) is 0. The molecule has 0 fully saturated rings. The third-order valence-corrected chi connectivity index (χ3v) is 1.85. The van der Waals surface area contributed by atoms with E-state index in [1.165, 1.54) is 6.42 Å². The molecule has 72 valence electrons. The van der Waals surface area contributed by atoms with Gasteiger partial charge in [0.25, 0.3) is 0 Å². The van der Waals surface area contributed by atoms with Crippen LogP contribution in [-0.2, 0) is 0 Å². The van der Waals surface area contributed by atoms with Crippen LogP contribution in [0.1, 0.15) is 26.7 Å². The standard InChI is InChI=1S/C9H21N3/c1-5-7-8(12-6-2)9(10-3)11-4/h8,12H,5-7H2,1-4H3,(H,10,11). The molecule has 0 radical (unpaired) electrons. The second-order valence-corrected chi connectivity index (χ2v) is 2.76. The van der Waals surface area contributed by atoms with Gasteiger partial charge >= 0.3 is 0 Å². The highest BCUT2D eigenvalue weighted by Crippen LogP contribution is 1.97. The summed E-state index contributed by atoms with van der Waals surface area (Å²) in [6.07, 6.45) is 2.32. The molecule has 0 aromatic heterocycles. The number of likely N-dealkylation sites (N-methyl/N-ethyl adjacent to an activating group) is 2. The molecular formula is C9H21N3. The monoisotopic (exact) mass is 171 g/mol. The van der Waals surface area contributed by atoms with Crippen molar-refractivity contribution in [3.05, 3.63) is 0 Å². The number of aliphatic imine (C=N–C) groups is 1. The van der Waals surface area contributed by atoms with Gasteiger partial charge in [-0.2, -0.15) is 0 Å². The van der Waals surface area contributed by atoms with Gasteiger partial charge in [0.2, 0.25) is 0 Å². The van der Waals surface area contributed by atoms with Crippen LogP contribution < -0.4 is 10.6 Å². The van der Waals surface area contributed by atoms with Gasteiger partial charge in [-0.1, -0.05) is 20.3 Å². The molecule has 0 bridgehead atoms. The summed E-state index contributed by atoms with van der Waals surface area (Å²) >= 11 is 0. The predicted molar refractivity (Wildman–Crippen MR) is 54.8 cm³/mol. The van der Waals surface area contributed by atoms with Crippen LogP contribution in [0.4, 0.5) is 0 Å². The number of hydrogen-bond acceptors (Lipinski definition) is 2. The number of nitrogens with zero attached hydrogens (tertiary/aromatic N) is 1. The van der Waals surface area contributed by atoms with E-state index < -0.39 is 0 Å². The van der Waals surface area contributed by atoms with E-state index >= 15 is 0 Å². The lowest BCUT2D eigenvalue weighted by Gasteiger charge is -2.18. The van der Waals surface area contributed by atoms with Gasteiger partial charge in [-0.25, -0.2) is 0 Å². The van der Waals surface area contributed by atoms with Crippen molar-refractivity contribution in [3.8, 4) is 0 Å². The van der Waals surface area contributed by atoms with E-state index in [1.807, 2.05) is 14.1 Å². The lowest BCUT2D eigenvalue weighted by Crippen LogP contribution is -2.42. The summed E-state index contributed by atoms with van der Waals surface area (Å²) < 4.78 is 0. The van der Waals surface area contributed by atoms with E-state index in [-0.39, 0.29) is 0 Å². The van der Waals surface area contributed by atoms with E-state index in [0.717, 1.165) is 18.8 Å². The van der Waals surface area contributed by atoms with Gasteiger partial charge < -0.3 is 10.6 Å². The normalized spacial score (nSPS) is 14.5. The smallest absolute Gasteiger partial charge is 0.113 e. The van der Waals surface area contributed by atoms with Crippen LogP contribution >= 0.6 is 0 Å². The van der Waals surface area contributed by atoms with E-state index in [4.69, 9.17) is 0 Å². The number of hydrogen-bond donors (Lipinski definition) is 2. The number of rotatable bonds is 5. The molecule has 0 heterocycles. The maximum atomic E-state index is 4.19. The minimum atomic E-state index is 0.398. The Hall–Kier alpha value is -0.570. The summed E-state index contributed by atoms with van der Waals surface area (Å²) in [5, 5.41) is 6.50. The van der Waals surface area contributed by atoms with Gasteiger partial charge in [-0.05, 0) is 13.0 Å². The molecule has 0 aliphatic heterocycles. The minimum absolute atomic E-state index is 0.398. The molecule has 0 aliphatic carbocycles. The largest absolute Gasteiger partial charge is 0.376 e. The number of nitrogens with one attached hydrogen (secondary N) is 2. The maximum Gasteiger partial charge on any atom is 0.113 e. The molecule has 0 aromatic rings. The first-order valence-electron chi connectivity index (χ1n) is 4.67. The lowest BCUT2D eigenvalue weighted by molar-refractivity contribution is 0.581. The molecule has 3 nitrogen and oxygen atoms in total. The molecule has 1 unspecified atom stereocenters. The zero-order chi connectivity index (χ0) is 9.40. The molecule has 0 aliphatic rings. The van der Waals surface area contributed by atoms with Crippen LogP contribution in [0.2, 0.25) is 0 Å². The van der Waals surface area contributed by atoms with Crippen molar-refractivity contribution >= 4 is 5.84 Å². The second-order valence-electron chi connectivity index (χ2n) is 2.76. The van der Waals surface area contributed by atoms with Gasteiger partial charge in [-0.3, -0.25) is 4.99 Å². The highest BCUT2D eigenvalue weighted by Gasteiger charge is 2.10. The minimum Gasteiger partial charge on any atom is -0.376 e. The maximum absolute atomic E-state index is 4.19. The van der Waals surface area contributed by atoms with Gasteiger partial charge in [0.15, 0.2) is 0 Å². The van der Waals surface area contributed by atoms with E-state index in [2.05, 4.69) is 29.5 Å². The Morgan fingerprint density at radius 1 is 1.42 bits per heavy atom. The van der Waals surface area contributed by atoms with Gasteiger partial charge in [0.05, 0.1) is 6.04 Å². The van der Waals surface area contributed by atoms with Crippen molar-refractivity contribution in [2.45, 2.75) is 32.7 Å². The third-order valence-electron chi connectivity index (χ3n) is 1.85. The van der Waals surface area contributed by atoms with Crippen LogP contribution in [0.3, 0.4) is 0 Å². The Bertz CT molecular complexity index is 126. The molecule has 0 saturated carbocycles. The number of amidine groups is 1. The fourth-order valence-electron chi connectivity index (χ4n) is 1.31. The highest BCUT2D eigenvalue weighted by atomic mass is 15.0. The molecule has 0 rings (SSSR count). The molecule has 12 heavy (non-hydrogen) atoms. The van der Waals surface area contributed by atoms with Gasteiger partial charge in [0.1, 0.15) is 5.84 Å². The summed E-state index contributed by atoms with van der Waals surface area (Å²) in [5.74, 6) is 1.05. The Morgan fingerprint density at radius 3 is 2.42 bits per heavy atom. The van der Waals surface area contributed by atoms with Crippen molar-refractivity contribution in [1.29, 1.82) is 0 Å². The first-order valence-corrected chi connectivity index (χ1v) is 4.67. The van der Waals surface area contributed by atoms with E-state index in [9.17, 15) is 0 Å². The predicted octanol–water partition coefficient (Wildman–Crippen LogP) is 1.01. The fourth-order valence-corrected chi connectivity index (χ4v) is 1.31. The Labute approximate surface area is 75.7 Å². The average Bonchev–Trinajstić information content (AvgIpc) is 2.07. The second kappa shape index (κ2) is 7.10. The molecule has 3 heteroatoms. The quantitative estimate of drug-likeness (QED) is 0.478. The van der Waals surface area contributed by atoms with Crippen LogP contribution in [0, 0.1) is 0 Å². The Balaban J connectivity index is 4.06. The summed E-state index contributed by atoms with van der Waals surface area (Å²) in [6, 6.07) is 0.398. The van der Waals surface area contributed by atoms with E-state index in [0.29, 0.717) is 6.04 Å². The van der Waals surface area contributed by atoms with Gasteiger partial charge in [0, 0.05) is 14.1 Å². The Morgan fingerprint density at radius 2 is 2.08 bits per heavy atom. The van der Waals surface area contributed by atoms with Crippen LogP contribution in [-0.4, -0.2) is 32.5 Å². The molecule has 1 atom stereocenters. The van der Waals surface area contributed by atoms with E-state index in [1.54, 1.807) is 0 Å². The lowest BCUT2D eigenvalue weighted by atomic mass is 10.1. The van der Waals surface area contributed by atoms with Crippen molar-refractivity contribution < 1.29 is 0 Å². The SMILES string of the molecule is CCCC(NCC)C(=NC)NC.